The van der Waals surface area contributed by atoms with Gasteiger partial charge in [-0.3, -0.25) is 14.9 Å². The average molecular weight is 527 g/mol. The molecule has 0 aliphatic carbocycles. The van der Waals surface area contributed by atoms with E-state index in [1.165, 1.54) is 24.3 Å². The van der Waals surface area contributed by atoms with Crippen molar-refractivity contribution in [2.45, 2.75) is 5.03 Å². The summed E-state index contributed by atoms with van der Waals surface area (Å²) in [6.45, 7) is 0. The maximum absolute atomic E-state index is 12.7. The van der Waals surface area contributed by atoms with E-state index in [9.17, 15) is 20.2 Å². The Kier molecular flexibility index (Phi) is 8.20. The highest BCUT2D eigenvalue weighted by Gasteiger charge is 2.18. The number of non-ortho nitro benzene ring substituents is 1. The van der Waals surface area contributed by atoms with Gasteiger partial charge in [-0.1, -0.05) is 48.2 Å². The van der Waals surface area contributed by atoms with Crippen molar-refractivity contribution in [1.82, 2.24) is 4.98 Å². The van der Waals surface area contributed by atoms with Gasteiger partial charge in [-0.05, 0) is 35.9 Å². The number of carbonyl (C=O) groups is 1. The van der Waals surface area contributed by atoms with Crippen LogP contribution in [0, 0.1) is 21.4 Å². The lowest BCUT2D eigenvalue weighted by Gasteiger charge is -2.14. The summed E-state index contributed by atoms with van der Waals surface area (Å²) in [6.07, 6.45) is 0. The smallest absolute Gasteiger partial charge is 0.269 e. The molecule has 1 N–H and O–H groups in total. The second-order valence-electron chi connectivity index (χ2n) is 7.92. The molecule has 0 saturated carbocycles. The highest BCUT2D eigenvalue weighted by molar-refractivity contribution is 8.00. The van der Waals surface area contributed by atoms with Gasteiger partial charge in [0.1, 0.15) is 11.1 Å². The van der Waals surface area contributed by atoms with E-state index >= 15 is 0 Å². The highest BCUT2D eigenvalue weighted by Crippen LogP contribution is 2.38. The van der Waals surface area contributed by atoms with Gasteiger partial charge in [0.2, 0.25) is 5.91 Å². The van der Waals surface area contributed by atoms with Gasteiger partial charge < -0.3 is 14.8 Å². The van der Waals surface area contributed by atoms with Gasteiger partial charge in [-0.15, -0.1) is 0 Å². The molecule has 0 atom stereocenters. The molecule has 1 heterocycles. The second-order valence-corrected chi connectivity index (χ2v) is 8.89. The lowest BCUT2D eigenvalue weighted by atomic mass is 9.99. The van der Waals surface area contributed by atoms with Gasteiger partial charge >= 0.3 is 0 Å². The number of aromatic nitrogens is 1. The number of hydrogen-bond donors (Lipinski definition) is 1. The third kappa shape index (κ3) is 5.91. The fourth-order valence-corrected chi connectivity index (χ4v) is 4.52. The molecule has 0 fully saturated rings. The minimum absolute atomic E-state index is 0.0255. The standard InChI is InChI=1S/C28H22N4O5S/c1-36-25-13-8-19(14-26(25)37-2)22-15-24(18-6-4-3-5-7-18)31-28(23(22)16-29)38-17-27(33)30-20-9-11-21(12-10-20)32(34)35/h3-15H,17H2,1-2H3,(H,30,33). The zero-order chi connectivity index (χ0) is 27.1. The second kappa shape index (κ2) is 11.9. The number of anilines is 1. The van der Waals surface area contributed by atoms with Crippen LogP contribution < -0.4 is 14.8 Å². The summed E-state index contributed by atoms with van der Waals surface area (Å²) in [7, 11) is 3.09. The van der Waals surface area contributed by atoms with E-state index in [4.69, 9.17) is 14.5 Å². The number of nitro benzene ring substituents is 1. The SMILES string of the molecule is COc1ccc(-c2cc(-c3ccccc3)nc(SCC(=O)Nc3ccc([N+](=O)[O-])cc3)c2C#N)cc1OC. The van der Waals surface area contributed by atoms with Crippen LogP contribution in [-0.4, -0.2) is 35.8 Å². The molecular weight excluding hydrogens is 504 g/mol. The van der Waals surface area contributed by atoms with Gasteiger partial charge in [0.15, 0.2) is 11.5 Å². The van der Waals surface area contributed by atoms with E-state index in [1.807, 2.05) is 42.5 Å². The third-order valence-electron chi connectivity index (χ3n) is 5.56. The van der Waals surface area contributed by atoms with Crippen LogP contribution in [0.5, 0.6) is 11.5 Å². The monoisotopic (exact) mass is 526 g/mol. The molecule has 4 rings (SSSR count). The molecule has 0 spiro atoms. The van der Waals surface area contributed by atoms with E-state index in [0.29, 0.717) is 39.0 Å². The lowest BCUT2D eigenvalue weighted by molar-refractivity contribution is -0.384. The fraction of sp³-hybridized carbons (Fsp3) is 0.107. The van der Waals surface area contributed by atoms with Crippen LogP contribution in [0.4, 0.5) is 11.4 Å². The summed E-state index contributed by atoms with van der Waals surface area (Å²) in [6, 6.07) is 24.6. The Bertz CT molecular complexity index is 1520. The van der Waals surface area contributed by atoms with Crippen LogP contribution in [0.1, 0.15) is 5.56 Å². The number of benzene rings is 3. The molecule has 190 valence electrons. The molecular formula is C28H22N4O5S. The Morgan fingerprint density at radius 3 is 2.34 bits per heavy atom. The Labute approximate surface area is 223 Å². The number of rotatable bonds is 9. The van der Waals surface area contributed by atoms with E-state index in [-0.39, 0.29) is 17.3 Å². The number of carbonyl (C=O) groups excluding carboxylic acids is 1. The summed E-state index contributed by atoms with van der Waals surface area (Å²) >= 11 is 1.13. The van der Waals surface area contributed by atoms with Crippen molar-refractivity contribution in [2.75, 3.05) is 25.3 Å². The van der Waals surface area contributed by atoms with Crippen LogP contribution >= 0.6 is 11.8 Å². The molecule has 1 aromatic heterocycles. The number of nitrogens with zero attached hydrogens (tertiary/aromatic N) is 3. The zero-order valence-electron chi connectivity index (χ0n) is 20.5. The van der Waals surface area contributed by atoms with Gasteiger partial charge in [0.05, 0.1) is 36.2 Å². The summed E-state index contributed by atoms with van der Waals surface area (Å²) < 4.78 is 10.8. The Balaban J connectivity index is 1.68. The Morgan fingerprint density at radius 1 is 1.00 bits per heavy atom. The van der Waals surface area contributed by atoms with Crippen LogP contribution in [0.15, 0.2) is 83.9 Å². The molecule has 38 heavy (non-hydrogen) atoms. The fourth-order valence-electron chi connectivity index (χ4n) is 3.72. The van der Waals surface area contributed by atoms with Crippen molar-refractivity contribution in [3.63, 3.8) is 0 Å². The zero-order valence-corrected chi connectivity index (χ0v) is 21.3. The number of hydrogen-bond acceptors (Lipinski definition) is 8. The Morgan fingerprint density at radius 2 is 1.71 bits per heavy atom. The molecule has 3 aromatic carbocycles. The van der Waals surface area contributed by atoms with Gasteiger partial charge in [0, 0.05) is 28.9 Å². The van der Waals surface area contributed by atoms with E-state index in [2.05, 4.69) is 11.4 Å². The summed E-state index contributed by atoms with van der Waals surface area (Å²) in [4.78, 5) is 27.7. The number of amides is 1. The molecule has 0 aliphatic rings. The van der Waals surface area contributed by atoms with Crippen LogP contribution in [0.3, 0.4) is 0 Å². The summed E-state index contributed by atoms with van der Waals surface area (Å²) in [5, 5.41) is 24.1. The maximum atomic E-state index is 12.7. The normalized spacial score (nSPS) is 10.3. The van der Waals surface area contributed by atoms with Crippen molar-refractivity contribution in [3.8, 4) is 40.0 Å². The third-order valence-corrected chi connectivity index (χ3v) is 6.54. The van der Waals surface area contributed by atoms with Crippen LogP contribution in [0.25, 0.3) is 22.4 Å². The van der Waals surface area contributed by atoms with E-state index < -0.39 is 4.92 Å². The Hall–Kier alpha value is -4.88. The molecule has 0 bridgehead atoms. The first-order valence-corrected chi connectivity index (χ1v) is 12.3. The number of pyridine rings is 1. The van der Waals surface area contributed by atoms with Crippen molar-refractivity contribution in [1.29, 1.82) is 5.26 Å². The van der Waals surface area contributed by atoms with Crippen molar-refractivity contribution >= 4 is 29.0 Å². The first-order chi connectivity index (χ1) is 18.4. The molecule has 0 radical (unpaired) electrons. The predicted octanol–water partition coefficient (Wildman–Crippen LogP) is 5.94. The molecule has 10 heteroatoms. The molecule has 9 nitrogen and oxygen atoms in total. The predicted molar refractivity (Wildman–Crippen MR) is 145 cm³/mol. The molecule has 0 saturated heterocycles. The number of nitriles is 1. The van der Waals surface area contributed by atoms with Crippen LogP contribution in [-0.2, 0) is 4.79 Å². The van der Waals surface area contributed by atoms with E-state index in [1.54, 1.807) is 26.4 Å². The molecule has 0 aliphatic heterocycles. The van der Waals surface area contributed by atoms with Crippen molar-refractivity contribution in [3.05, 3.63) is 94.5 Å². The number of methoxy groups -OCH3 is 2. The number of nitro groups is 1. The quantitative estimate of drug-likeness (QED) is 0.161. The molecule has 0 unspecified atom stereocenters. The van der Waals surface area contributed by atoms with Gasteiger partial charge in [-0.2, -0.15) is 5.26 Å². The van der Waals surface area contributed by atoms with Gasteiger partial charge in [-0.25, -0.2) is 4.98 Å². The first-order valence-electron chi connectivity index (χ1n) is 11.3. The largest absolute Gasteiger partial charge is 0.493 e. The summed E-state index contributed by atoms with van der Waals surface area (Å²) in [5.74, 6) is 0.711. The molecule has 4 aromatic rings. The van der Waals surface area contributed by atoms with E-state index in [0.717, 1.165) is 22.9 Å². The maximum Gasteiger partial charge on any atom is 0.269 e. The van der Waals surface area contributed by atoms with Crippen molar-refractivity contribution in [2.24, 2.45) is 0 Å². The topological polar surface area (TPSA) is 127 Å². The lowest BCUT2D eigenvalue weighted by Crippen LogP contribution is -2.14. The van der Waals surface area contributed by atoms with Crippen LogP contribution in [0.2, 0.25) is 0 Å². The average Bonchev–Trinajstić information content (AvgIpc) is 2.95. The minimum Gasteiger partial charge on any atom is -0.493 e. The number of nitrogens with one attached hydrogen (secondary N) is 1. The summed E-state index contributed by atoms with van der Waals surface area (Å²) in [5.41, 5.74) is 3.56. The van der Waals surface area contributed by atoms with Crippen molar-refractivity contribution < 1.29 is 19.2 Å². The first kappa shape index (κ1) is 26.2. The van der Waals surface area contributed by atoms with Gasteiger partial charge in [0.25, 0.3) is 5.69 Å². The number of thioether (sulfide) groups is 1. The highest BCUT2D eigenvalue weighted by atomic mass is 32.2. The number of ether oxygens (including phenoxy) is 2. The minimum atomic E-state index is -0.508. The molecule has 1 amide bonds.